The minimum absolute atomic E-state index is 0.0243. The van der Waals surface area contributed by atoms with Crippen LogP contribution in [0.15, 0.2) is 46.3 Å². The summed E-state index contributed by atoms with van der Waals surface area (Å²) in [5.74, 6) is 0.0765. The second kappa shape index (κ2) is 6.85. The van der Waals surface area contributed by atoms with Crippen molar-refractivity contribution in [1.29, 1.82) is 0 Å². The maximum absolute atomic E-state index is 12.1. The van der Waals surface area contributed by atoms with Gasteiger partial charge in [0.1, 0.15) is 0 Å². The number of sulfonamides is 1. The van der Waals surface area contributed by atoms with Gasteiger partial charge in [-0.1, -0.05) is 37.3 Å². The molecule has 0 amide bonds. The molecule has 0 aliphatic heterocycles. The Morgan fingerprint density at radius 2 is 2.00 bits per heavy atom. The van der Waals surface area contributed by atoms with Crippen molar-refractivity contribution in [3.8, 4) is 0 Å². The topological polar surface area (TPSA) is 46.2 Å². The average molecular weight is 374 g/mol. The molecule has 0 fully saturated rings. The van der Waals surface area contributed by atoms with Gasteiger partial charge in [-0.15, -0.1) is 11.3 Å². The first kappa shape index (κ1) is 15.7. The van der Waals surface area contributed by atoms with Gasteiger partial charge < -0.3 is 0 Å². The molecule has 1 aromatic heterocycles. The molecule has 0 radical (unpaired) electrons. The van der Waals surface area contributed by atoms with E-state index < -0.39 is 10.0 Å². The first-order chi connectivity index (χ1) is 9.46. The number of hydrogen-bond acceptors (Lipinski definition) is 3. The third-order valence-corrected chi connectivity index (χ3v) is 6.15. The molecular weight excluding hydrogens is 358 g/mol. The lowest BCUT2D eigenvalue weighted by Crippen LogP contribution is -2.27. The van der Waals surface area contributed by atoms with Gasteiger partial charge >= 0.3 is 0 Å². The largest absolute Gasteiger partial charge is 0.212 e. The van der Waals surface area contributed by atoms with Crippen LogP contribution in [0.3, 0.4) is 0 Å². The molecule has 2 aromatic rings. The van der Waals surface area contributed by atoms with Crippen LogP contribution in [0.1, 0.15) is 23.3 Å². The molecule has 108 valence electrons. The van der Waals surface area contributed by atoms with Crippen molar-refractivity contribution in [2.45, 2.75) is 19.4 Å². The van der Waals surface area contributed by atoms with Crippen LogP contribution in [-0.2, 0) is 16.6 Å². The van der Waals surface area contributed by atoms with Crippen LogP contribution in [-0.4, -0.2) is 14.2 Å². The Balaban J connectivity index is 1.94. The van der Waals surface area contributed by atoms with Crippen LogP contribution in [0.25, 0.3) is 0 Å². The lowest BCUT2D eigenvalue weighted by atomic mass is 10.0. The molecule has 20 heavy (non-hydrogen) atoms. The van der Waals surface area contributed by atoms with Crippen LogP contribution in [0.5, 0.6) is 0 Å². The lowest BCUT2D eigenvalue weighted by Gasteiger charge is -2.12. The van der Waals surface area contributed by atoms with Crippen molar-refractivity contribution >= 4 is 37.3 Å². The summed E-state index contributed by atoms with van der Waals surface area (Å²) in [5.41, 5.74) is 1.04. The summed E-state index contributed by atoms with van der Waals surface area (Å²) in [6.07, 6.45) is 0. The smallest absolute Gasteiger partial charge is 0.212 e. The second-order valence-corrected chi connectivity index (χ2v) is 8.41. The molecule has 2 rings (SSSR count). The standard InChI is InChI=1S/C14H16BrNO2S2/c1-11(12-5-3-2-4-6-12)10-20(17,18)16-8-14-7-13(15)9-19-14/h2-7,9,11,16H,8,10H2,1H3. The highest BCUT2D eigenvalue weighted by atomic mass is 79.9. The van der Waals surface area contributed by atoms with Gasteiger partial charge in [-0.2, -0.15) is 0 Å². The fourth-order valence-electron chi connectivity index (χ4n) is 1.89. The van der Waals surface area contributed by atoms with Crippen molar-refractivity contribution < 1.29 is 8.42 Å². The summed E-state index contributed by atoms with van der Waals surface area (Å²) < 4.78 is 27.8. The highest BCUT2D eigenvalue weighted by molar-refractivity contribution is 9.10. The predicted octanol–water partition coefficient (Wildman–Crippen LogP) is 3.73. The third kappa shape index (κ3) is 4.70. The van der Waals surface area contributed by atoms with Crippen LogP contribution >= 0.6 is 27.3 Å². The van der Waals surface area contributed by atoms with E-state index in [0.717, 1.165) is 14.9 Å². The number of nitrogens with one attached hydrogen (secondary N) is 1. The SMILES string of the molecule is CC(CS(=O)(=O)NCc1cc(Br)cs1)c1ccccc1. The number of halogens is 1. The van der Waals surface area contributed by atoms with Crippen molar-refractivity contribution in [2.75, 3.05) is 5.75 Å². The van der Waals surface area contributed by atoms with Crippen LogP contribution in [0.2, 0.25) is 0 Å². The molecule has 6 heteroatoms. The van der Waals surface area contributed by atoms with E-state index in [1.807, 2.05) is 48.7 Å². The summed E-state index contributed by atoms with van der Waals surface area (Å²) in [6, 6.07) is 11.6. The van der Waals surface area contributed by atoms with E-state index in [0.29, 0.717) is 6.54 Å². The molecule has 1 atom stereocenters. The van der Waals surface area contributed by atoms with Gasteiger partial charge in [-0.25, -0.2) is 13.1 Å². The first-order valence-corrected chi connectivity index (χ1v) is 9.54. The molecular formula is C14H16BrNO2S2. The van der Waals surface area contributed by atoms with E-state index in [1.54, 1.807) is 0 Å². The van der Waals surface area contributed by atoms with Gasteiger partial charge in [0.2, 0.25) is 10.0 Å². The summed E-state index contributed by atoms with van der Waals surface area (Å²) >= 11 is 4.89. The summed E-state index contributed by atoms with van der Waals surface area (Å²) in [5, 5.41) is 1.94. The molecule has 1 heterocycles. The fraction of sp³-hybridized carbons (Fsp3) is 0.286. The maximum atomic E-state index is 12.1. The van der Waals surface area contributed by atoms with Gasteiger partial charge in [0.15, 0.2) is 0 Å². The molecule has 0 spiro atoms. The van der Waals surface area contributed by atoms with Crippen molar-refractivity contribution in [1.82, 2.24) is 4.72 Å². The maximum Gasteiger partial charge on any atom is 0.212 e. The van der Waals surface area contributed by atoms with Crippen LogP contribution in [0, 0.1) is 0 Å². The van der Waals surface area contributed by atoms with E-state index in [2.05, 4.69) is 20.7 Å². The van der Waals surface area contributed by atoms with E-state index >= 15 is 0 Å². The predicted molar refractivity (Wildman–Crippen MR) is 87.5 cm³/mol. The van der Waals surface area contributed by atoms with Crippen molar-refractivity contribution in [3.05, 3.63) is 56.7 Å². The lowest BCUT2D eigenvalue weighted by molar-refractivity contribution is 0.576. The Bertz CT molecular complexity index is 653. The number of benzene rings is 1. The Kier molecular flexibility index (Phi) is 5.37. The quantitative estimate of drug-likeness (QED) is 0.838. The molecule has 3 nitrogen and oxygen atoms in total. The summed E-state index contributed by atoms with van der Waals surface area (Å²) in [4.78, 5) is 0.993. The number of hydrogen-bond donors (Lipinski definition) is 1. The third-order valence-electron chi connectivity index (χ3n) is 2.93. The van der Waals surface area contributed by atoms with Gasteiger partial charge in [-0.05, 0) is 33.5 Å². The van der Waals surface area contributed by atoms with Crippen LogP contribution < -0.4 is 4.72 Å². The zero-order valence-electron chi connectivity index (χ0n) is 11.0. The normalized spacial score (nSPS) is 13.3. The molecule has 1 aromatic carbocycles. The minimum atomic E-state index is -3.28. The van der Waals surface area contributed by atoms with Gasteiger partial charge in [-0.3, -0.25) is 0 Å². The summed E-state index contributed by atoms with van der Waals surface area (Å²) in [6.45, 7) is 2.27. The molecule has 1 unspecified atom stereocenters. The van der Waals surface area contributed by atoms with Crippen LogP contribution in [0.4, 0.5) is 0 Å². The molecule has 1 N–H and O–H groups in total. The summed E-state index contributed by atoms with van der Waals surface area (Å²) in [7, 11) is -3.28. The zero-order valence-corrected chi connectivity index (χ0v) is 14.3. The van der Waals surface area contributed by atoms with E-state index in [9.17, 15) is 8.42 Å². The Labute approximate surface area is 132 Å². The monoisotopic (exact) mass is 373 g/mol. The molecule has 0 saturated carbocycles. The Hall–Kier alpha value is -0.690. The van der Waals surface area contributed by atoms with Crippen molar-refractivity contribution in [3.63, 3.8) is 0 Å². The molecule has 0 bridgehead atoms. The van der Waals surface area contributed by atoms with Crippen molar-refractivity contribution in [2.24, 2.45) is 0 Å². The van der Waals surface area contributed by atoms with Gasteiger partial charge in [0, 0.05) is 21.3 Å². The van der Waals surface area contributed by atoms with E-state index in [-0.39, 0.29) is 11.7 Å². The van der Waals surface area contributed by atoms with Gasteiger partial charge in [0.25, 0.3) is 0 Å². The Morgan fingerprint density at radius 3 is 2.60 bits per heavy atom. The Morgan fingerprint density at radius 1 is 1.30 bits per heavy atom. The van der Waals surface area contributed by atoms with E-state index in [1.165, 1.54) is 11.3 Å². The fourth-order valence-corrected chi connectivity index (χ4v) is 4.72. The molecule has 0 aliphatic carbocycles. The zero-order chi connectivity index (χ0) is 14.6. The average Bonchev–Trinajstić information content (AvgIpc) is 2.83. The number of thiophene rings is 1. The molecule has 0 saturated heterocycles. The highest BCUT2D eigenvalue weighted by Gasteiger charge is 2.16. The molecule has 0 aliphatic rings. The first-order valence-electron chi connectivity index (χ1n) is 6.21. The minimum Gasteiger partial charge on any atom is -0.212 e. The van der Waals surface area contributed by atoms with E-state index in [4.69, 9.17) is 0 Å². The second-order valence-electron chi connectivity index (χ2n) is 4.65. The highest BCUT2D eigenvalue weighted by Crippen LogP contribution is 2.20. The van der Waals surface area contributed by atoms with Gasteiger partial charge in [0.05, 0.1) is 5.75 Å². The number of rotatable bonds is 6.